The third-order valence-corrected chi connectivity index (χ3v) is 7.89. The lowest BCUT2D eigenvalue weighted by atomic mass is 10.1. The molecule has 7 nitrogen and oxygen atoms in total. The second-order valence-electron chi connectivity index (χ2n) is 9.08. The van der Waals surface area contributed by atoms with Gasteiger partial charge in [-0.15, -0.1) is 0 Å². The zero-order chi connectivity index (χ0) is 25.6. The highest BCUT2D eigenvalue weighted by Crippen LogP contribution is 2.29. The number of nitrogens with zero attached hydrogens (tertiary/aromatic N) is 3. The van der Waals surface area contributed by atoms with Gasteiger partial charge < -0.3 is 9.47 Å². The van der Waals surface area contributed by atoms with Crippen LogP contribution in [-0.2, 0) is 27.8 Å². The normalized spacial score (nSPS) is 13.7. The molecule has 0 aliphatic heterocycles. The van der Waals surface area contributed by atoms with Crippen molar-refractivity contribution in [3.05, 3.63) is 89.0 Å². The topological polar surface area (TPSA) is 81.6 Å². The molecule has 0 fully saturated rings. The minimum Gasteiger partial charge on any atom is -0.497 e. The maximum atomic E-state index is 14.1. The summed E-state index contributed by atoms with van der Waals surface area (Å²) < 4.78 is 40.9. The molecular weight excluding hydrogens is 462 g/mol. The molecule has 8 heteroatoms. The van der Waals surface area contributed by atoms with E-state index in [2.05, 4.69) is 9.97 Å². The molecule has 3 rings (SSSR count). The fraction of sp³-hybridized carbons (Fsp3) is 0.407. The van der Waals surface area contributed by atoms with Crippen molar-refractivity contribution in [2.75, 3.05) is 7.11 Å². The van der Waals surface area contributed by atoms with Gasteiger partial charge >= 0.3 is 0 Å². The van der Waals surface area contributed by atoms with Gasteiger partial charge in [0.15, 0.2) is 5.82 Å². The predicted octanol–water partition coefficient (Wildman–Crippen LogP) is 4.99. The molecule has 35 heavy (non-hydrogen) atoms. The molecule has 2 atom stereocenters. The van der Waals surface area contributed by atoms with Gasteiger partial charge in [0.2, 0.25) is 10.0 Å². The molecule has 188 valence electrons. The lowest BCUT2D eigenvalue weighted by Crippen LogP contribution is -2.41. The van der Waals surface area contributed by atoms with Crippen molar-refractivity contribution in [1.29, 1.82) is 0 Å². The Balaban J connectivity index is 1.98. The Labute approximate surface area is 209 Å². The number of methoxy groups -OCH3 is 1. The van der Waals surface area contributed by atoms with E-state index in [-0.39, 0.29) is 19.2 Å². The molecule has 0 amide bonds. The molecule has 0 N–H and O–H groups in total. The minimum absolute atomic E-state index is 0.199. The van der Waals surface area contributed by atoms with Crippen LogP contribution in [0.5, 0.6) is 5.75 Å². The molecular formula is C27H35N3O4S. The molecule has 0 unspecified atom stereocenters. The fourth-order valence-electron chi connectivity index (χ4n) is 3.68. The lowest BCUT2D eigenvalue weighted by Gasteiger charge is -2.31. The van der Waals surface area contributed by atoms with Gasteiger partial charge in [-0.3, -0.25) is 0 Å². The van der Waals surface area contributed by atoms with E-state index in [0.717, 1.165) is 28.0 Å². The molecule has 1 aromatic heterocycles. The molecule has 0 aliphatic carbocycles. The van der Waals surface area contributed by atoms with Crippen molar-refractivity contribution in [2.24, 2.45) is 0 Å². The summed E-state index contributed by atoms with van der Waals surface area (Å²) in [6, 6.07) is 15.3. The summed E-state index contributed by atoms with van der Waals surface area (Å²) in [5, 5.41) is -0.906. The Bertz CT molecular complexity index is 1180. The Morgan fingerprint density at radius 2 is 1.34 bits per heavy atom. The van der Waals surface area contributed by atoms with E-state index in [9.17, 15) is 8.42 Å². The molecule has 0 aliphatic rings. The Morgan fingerprint density at radius 3 is 1.83 bits per heavy atom. The molecule has 0 saturated carbocycles. The zero-order valence-electron chi connectivity index (χ0n) is 21.3. The molecule has 1 heterocycles. The SMILES string of the molecule is COc1ccc(CN(Cc2ccc(C)cc2)S(=O)(=O)[C@@H](C)[C@@H](OC(C)C)c2ncc(C)cn2)cc1. The summed E-state index contributed by atoms with van der Waals surface area (Å²) in [5.74, 6) is 1.08. The number of aromatic nitrogens is 2. The van der Waals surface area contributed by atoms with E-state index in [4.69, 9.17) is 9.47 Å². The quantitative estimate of drug-likeness (QED) is 0.371. The molecule has 0 spiro atoms. The van der Waals surface area contributed by atoms with E-state index in [0.29, 0.717) is 5.82 Å². The Hall–Kier alpha value is -2.81. The number of ether oxygens (including phenoxy) is 2. The van der Waals surface area contributed by atoms with Gasteiger partial charge in [0.1, 0.15) is 17.1 Å². The highest BCUT2D eigenvalue weighted by molar-refractivity contribution is 7.89. The maximum Gasteiger partial charge on any atom is 0.220 e. The summed E-state index contributed by atoms with van der Waals surface area (Å²) in [6.45, 7) is 9.77. The molecule has 0 radical (unpaired) electrons. The van der Waals surface area contributed by atoms with Crippen molar-refractivity contribution in [2.45, 2.75) is 65.2 Å². The first-order valence-electron chi connectivity index (χ1n) is 11.7. The first-order chi connectivity index (χ1) is 16.6. The second-order valence-corrected chi connectivity index (χ2v) is 11.4. The maximum absolute atomic E-state index is 14.1. The first-order valence-corrected chi connectivity index (χ1v) is 13.2. The van der Waals surface area contributed by atoms with Crippen LogP contribution in [0.1, 0.15) is 55.0 Å². The lowest BCUT2D eigenvalue weighted by molar-refractivity contribution is 0.000552. The molecule has 0 saturated heterocycles. The number of hydrogen-bond donors (Lipinski definition) is 0. The van der Waals surface area contributed by atoms with E-state index in [1.807, 2.05) is 76.2 Å². The highest BCUT2D eigenvalue weighted by Gasteiger charge is 2.38. The summed E-state index contributed by atoms with van der Waals surface area (Å²) in [6.07, 6.45) is 2.35. The van der Waals surface area contributed by atoms with Crippen molar-refractivity contribution < 1.29 is 17.9 Å². The third kappa shape index (κ3) is 7.10. The number of aryl methyl sites for hydroxylation is 2. The van der Waals surface area contributed by atoms with Crippen LogP contribution in [0.15, 0.2) is 60.9 Å². The van der Waals surface area contributed by atoms with E-state index in [1.165, 1.54) is 4.31 Å². The smallest absolute Gasteiger partial charge is 0.220 e. The largest absolute Gasteiger partial charge is 0.497 e. The van der Waals surface area contributed by atoms with Crippen LogP contribution < -0.4 is 4.74 Å². The van der Waals surface area contributed by atoms with Crippen LogP contribution in [0.4, 0.5) is 0 Å². The monoisotopic (exact) mass is 497 g/mol. The predicted molar refractivity (Wildman–Crippen MR) is 138 cm³/mol. The molecule has 0 bridgehead atoms. The van der Waals surface area contributed by atoms with E-state index >= 15 is 0 Å². The summed E-state index contributed by atoms with van der Waals surface area (Å²) in [4.78, 5) is 8.78. The van der Waals surface area contributed by atoms with E-state index < -0.39 is 21.4 Å². The van der Waals surface area contributed by atoms with Crippen LogP contribution >= 0.6 is 0 Å². The van der Waals surface area contributed by atoms with Crippen LogP contribution in [0.2, 0.25) is 0 Å². The first kappa shape index (κ1) is 26.8. The highest BCUT2D eigenvalue weighted by atomic mass is 32.2. The second kappa shape index (κ2) is 11.7. The summed E-state index contributed by atoms with van der Waals surface area (Å²) in [7, 11) is -2.23. The van der Waals surface area contributed by atoms with Crippen molar-refractivity contribution in [3.8, 4) is 5.75 Å². The van der Waals surface area contributed by atoms with Gasteiger partial charge in [-0.2, -0.15) is 4.31 Å². The van der Waals surface area contributed by atoms with Gasteiger partial charge in [-0.05, 0) is 63.4 Å². The van der Waals surface area contributed by atoms with Gasteiger partial charge in [0.25, 0.3) is 0 Å². The van der Waals surface area contributed by atoms with Crippen LogP contribution in [-0.4, -0.2) is 41.2 Å². The number of benzene rings is 2. The van der Waals surface area contributed by atoms with Gasteiger partial charge in [0.05, 0.1) is 13.2 Å². The Morgan fingerprint density at radius 1 is 0.829 bits per heavy atom. The number of sulfonamides is 1. The number of hydrogen-bond acceptors (Lipinski definition) is 6. The summed E-state index contributed by atoms with van der Waals surface area (Å²) in [5.41, 5.74) is 3.79. The van der Waals surface area contributed by atoms with Gasteiger partial charge in [0, 0.05) is 25.5 Å². The van der Waals surface area contributed by atoms with Crippen LogP contribution in [0, 0.1) is 13.8 Å². The Kier molecular flexibility index (Phi) is 8.99. The summed E-state index contributed by atoms with van der Waals surface area (Å²) >= 11 is 0. The minimum atomic E-state index is -3.83. The average Bonchev–Trinajstić information content (AvgIpc) is 2.84. The van der Waals surface area contributed by atoms with Gasteiger partial charge in [-0.25, -0.2) is 18.4 Å². The van der Waals surface area contributed by atoms with E-state index in [1.54, 1.807) is 26.4 Å². The molecule has 2 aromatic carbocycles. The van der Waals surface area contributed by atoms with Crippen molar-refractivity contribution in [1.82, 2.24) is 14.3 Å². The third-order valence-electron chi connectivity index (χ3n) is 5.73. The fourth-order valence-corrected chi connectivity index (χ4v) is 5.31. The van der Waals surface area contributed by atoms with Gasteiger partial charge in [-0.1, -0.05) is 42.0 Å². The van der Waals surface area contributed by atoms with Crippen molar-refractivity contribution >= 4 is 10.0 Å². The van der Waals surface area contributed by atoms with Crippen LogP contribution in [0.3, 0.4) is 0 Å². The average molecular weight is 498 g/mol. The molecule has 3 aromatic rings. The van der Waals surface area contributed by atoms with Crippen molar-refractivity contribution in [3.63, 3.8) is 0 Å². The van der Waals surface area contributed by atoms with Crippen LogP contribution in [0.25, 0.3) is 0 Å². The zero-order valence-corrected chi connectivity index (χ0v) is 22.1. The number of rotatable bonds is 11. The standard InChI is InChI=1S/C27H35N3O4S/c1-19(2)34-26(27-28-15-21(4)16-29-27)22(5)35(31,32)30(17-23-9-7-20(3)8-10-23)18-24-11-13-25(33-6)14-12-24/h7-16,19,22,26H,17-18H2,1-6H3/t22-,26+/m0/s1.